The van der Waals surface area contributed by atoms with E-state index in [-0.39, 0.29) is 0 Å². The number of aromatic nitrogens is 1. The van der Waals surface area contributed by atoms with Gasteiger partial charge in [0.2, 0.25) is 0 Å². The molecule has 0 saturated heterocycles. The summed E-state index contributed by atoms with van der Waals surface area (Å²) in [6, 6.07) is 9.57. The number of hydrogen-bond donors (Lipinski definition) is 3. The van der Waals surface area contributed by atoms with Crippen LogP contribution in [-0.2, 0) is 16.1 Å². The first-order chi connectivity index (χ1) is 10.9. The summed E-state index contributed by atoms with van der Waals surface area (Å²) in [4.78, 5) is 22.2. The molecule has 0 bridgehead atoms. The van der Waals surface area contributed by atoms with Crippen LogP contribution in [0.25, 0.3) is 0 Å². The largest absolute Gasteiger partial charge is 0.495 e. The van der Waals surface area contributed by atoms with E-state index in [1.54, 1.807) is 19.5 Å². The first-order valence-electron chi connectivity index (χ1n) is 6.36. The van der Waals surface area contributed by atoms with Gasteiger partial charge in [-0.2, -0.15) is 0 Å². The molecule has 2 aromatic rings. The van der Waals surface area contributed by atoms with Gasteiger partial charge < -0.3 is 20.3 Å². The number of hydrogen-bond acceptors (Lipinski definition) is 5. The summed E-state index contributed by atoms with van der Waals surface area (Å²) in [7, 11) is 1.60. The molecule has 0 fully saturated rings. The molecule has 0 radical (unpaired) electrons. The maximum absolute atomic E-state index is 9.10. The smallest absolute Gasteiger partial charge is 0.414 e. The number of rotatable bonds is 4. The molecule has 2 rings (SSSR count). The second-order valence-electron chi connectivity index (χ2n) is 4.17. The van der Waals surface area contributed by atoms with E-state index in [2.05, 4.69) is 10.3 Å². The molecule has 0 aliphatic carbocycles. The van der Waals surface area contributed by atoms with Gasteiger partial charge in [-0.25, -0.2) is 9.59 Å². The van der Waals surface area contributed by atoms with E-state index in [0.29, 0.717) is 10.8 Å². The molecule has 1 heterocycles. The van der Waals surface area contributed by atoms with Crippen molar-refractivity contribution in [1.82, 2.24) is 4.98 Å². The van der Waals surface area contributed by atoms with E-state index in [0.717, 1.165) is 12.2 Å². The fraction of sp³-hybridized carbons (Fsp3) is 0.133. The van der Waals surface area contributed by atoms with Crippen molar-refractivity contribution in [1.29, 1.82) is 0 Å². The average Bonchev–Trinajstić information content (AvgIpc) is 2.54. The highest BCUT2D eigenvalue weighted by Gasteiger charge is 2.04. The predicted octanol–water partition coefficient (Wildman–Crippen LogP) is 2.51. The topological polar surface area (TPSA) is 109 Å². The van der Waals surface area contributed by atoms with Crippen LogP contribution >= 0.6 is 11.6 Å². The van der Waals surface area contributed by atoms with Gasteiger partial charge in [0.15, 0.2) is 0 Å². The molecule has 0 spiro atoms. The van der Waals surface area contributed by atoms with Crippen molar-refractivity contribution < 1.29 is 24.5 Å². The van der Waals surface area contributed by atoms with Gasteiger partial charge in [-0.05, 0) is 35.9 Å². The normalized spacial score (nSPS) is 9.30. The lowest BCUT2D eigenvalue weighted by molar-refractivity contribution is -0.159. The Kier molecular flexibility index (Phi) is 7.35. The fourth-order valence-electron chi connectivity index (χ4n) is 1.48. The molecule has 0 aliphatic heterocycles. The van der Waals surface area contributed by atoms with Crippen molar-refractivity contribution in [3.05, 3.63) is 53.3 Å². The quantitative estimate of drug-likeness (QED) is 0.735. The van der Waals surface area contributed by atoms with Crippen molar-refractivity contribution in [2.75, 3.05) is 12.4 Å². The highest BCUT2D eigenvalue weighted by atomic mass is 35.5. The second-order valence-corrected chi connectivity index (χ2v) is 4.58. The molecular formula is C15H15ClN2O5. The molecule has 1 aromatic carbocycles. The summed E-state index contributed by atoms with van der Waals surface area (Å²) < 4.78 is 5.09. The Morgan fingerprint density at radius 3 is 2.26 bits per heavy atom. The second kappa shape index (κ2) is 9.26. The number of anilines is 1. The maximum atomic E-state index is 9.10. The number of nitrogens with zero attached hydrogens (tertiary/aromatic N) is 1. The number of carbonyl (C=O) groups is 2. The number of halogens is 1. The van der Waals surface area contributed by atoms with Crippen LogP contribution in [0.5, 0.6) is 5.75 Å². The van der Waals surface area contributed by atoms with Gasteiger partial charge >= 0.3 is 11.9 Å². The maximum Gasteiger partial charge on any atom is 0.414 e. The monoisotopic (exact) mass is 338 g/mol. The predicted molar refractivity (Wildman–Crippen MR) is 84.8 cm³/mol. The number of carboxylic acid groups (broad SMARTS) is 2. The number of methoxy groups -OCH3 is 1. The van der Waals surface area contributed by atoms with Crippen LogP contribution in [0.15, 0.2) is 42.7 Å². The average molecular weight is 339 g/mol. The minimum absolute atomic E-state index is 0.604. The number of carboxylic acids is 2. The van der Waals surface area contributed by atoms with E-state index in [4.69, 9.17) is 36.1 Å². The van der Waals surface area contributed by atoms with E-state index in [1.807, 2.05) is 30.3 Å². The minimum atomic E-state index is -1.82. The first kappa shape index (κ1) is 18.2. The molecule has 7 nitrogen and oxygen atoms in total. The highest BCUT2D eigenvalue weighted by Crippen LogP contribution is 2.27. The Balaban J connectivity index is 0.000000379. The number of ether oxygens (including phenoxy) is 1. The van der Waals surface area contributed by atoms with Gasteiger partial charge in [0.25, 0.3) is 0 Å². The third-order valence-electron chi connectivity index (χ3n) is 2.58. The molecular weight excluding hydrogens is 324 g/mol. The summed E-state index contributed by atoms with van der Waals surface area (Å²) in [5.74, 6) is -2.97. The van der Waals surface area contributed by atoms with E-state index < -0.39 is 11.9 Å². The van der Waals surface area contributed by atoms with E-state index in [9.17, 15) is 0 Å². The lowest BCUT2D eigenvalue weighted by Gasteiger charge is -2.08. The van der Waals surface area contributed by atoms with Crippen LogP contribution in [0.4, 0.5) is 5.69 Å². The van der Waals surface area contributed by atoms with Crippen molar-refractivity contribution in [3.8, 4) is 5.75 Å². The summed E-state index contributed by atoms with van der Waals surface area (Å²) >= 11 is 6.04. The van der Waals surface area contributed by atoms with Crippen molar-refractivity contribution >= 4 is 29.2 Å². The van der Waals surface area contributed by atoms with Crippen LogP contribution in [0.2, 0.25) is 5.02 Å². The first-order valence-corrected chi connectivity index (χ1v) is 6.74. The lowest BCUT2D eigenvalue weighted by atomic mass is 10.2. The number of pyridine rings is 1. The zero-order valence-electron chi connectivity index (χ0n) is 12.2. The van der Waals surface area contributed by atoms with Gasteiger partial charge in [-0.1, -0.05) is 11.6 Å². The highest BCUT2D eigenvalue weighted by molar-refractivity contribution is 6.32. The van der Waals surface area contributed by atoms with Crippen LogP contribution < -0.4 is 10.1 Å². The molecule has 0 saturated carbocycles. The Morgan fingerprint density at radius 2 is 1.78 bits per heavy atom. The number of aliphatic carboxylic acids is 2. The van der Waals surface area contributed by atoms with Crippen LogP contribution in [-0.4, -0.2) is 34.2 Å². The van der Waals surface area contributed by atoms with Gasteiger partial charge in [-0.15, -0.1) is 0 Å². The molecule has 122 valence electrons. The lowest BCUT2D eigenvalue weighted by Crippen LogP contribution is -2.09. The number of benzene rings is 1. The van der Waals surface area contributed by atoms with Crippen molar-refractivity contribution in [2.45, 2.75) is 6.54 Å². The van der Waals surface area contributed by atoms with Gasteiger partial charge in [0, 0.05) is 24.6 Å². The zero-order valence-corrected chi connectivity index (χ0v) is 12.9. The molecule has 1 aromatic heterocycles. The van der Waals surface area contributed by atoms with Gasteiger partial charge in [-0.3, -0.25) is 4.98 Å². The molecule has 0 unspecified atom stereocenters. The zero-order chi connectivity index (χ0) is 17.2. The molecule has 23 heavy (non-hydrogen) atoms. The number of nitrogens with one attached hydrogen (secondary N) is 1. The molecule has 0 aliphatic rings. The molecule has 3 N–H and O–H groups in total. The van der Waals surface area contributed by atoms with Gasteiger partial charge in [0.1, 0.15) is 5.75 Å². The van der Waals surface area contributed by atoms with Crippen molar-refractivity contribution in [3.63, 3.8) is 0 Å². The summed E-state index contributed by atoms with van der Waals surface area (Å²) in [6.07, 6.45) is 3.55. The van der Waals surface area contributed by atoms with E-state index >= 15 is 0 Å². The SMILES string of the molecule is COc1ccc(NCc2ccncc2)cc1Cl.O=C(O)C(=O)O. The van der Waals surface area contributed by atoms with Crippen LogP contribution in [0, 0.1) is 0 Å². The molecule has 0 atom stereocenters. The Labute approximate surface area is 137 Å². The van der Waals surface area contributed by atoms with Crippen molar-refractivity contribution in [2.24, 2.45) is 0 Å². The summed E-state index contributed by atoms with van der Waals surface area (Å²) in [6.45, 7) is 0.741. The fourth-order valence-corrected chi connectivity index (χ4v) is 1.74. The summed E-state index contributed by atoms with van der Waals surface area (Å²) in [5, 5.41) is 18.7. The third-order valence-corrected chi connectivity index (χ3v) is 2.88. The standard InChI is InChI=1S/C13H13ClN2O.C2H2O4/c1-17-13-3-2-11(8-12(13)14)16-9-10-4-6-15-7-5-10;3-1(4)2(5)6/h2-8,16H,9H2,1H3;(H,3,4)(H,5,6). The Morgan fingerprint density at radius 1 is 1.17 bits per heavy atom. The van der Waals surface area contributed by atoms with Crippen LogP contribution in [0.1, 0.15) is 5.56 Å². The van der Waals surface area contributed by atoms with E-state index in [1.165, 1.54) is 5.56 Å². The third kappa shape index (κ3) is 6.66. The minimum Gasteiger partial charge on any atom is -0.495 e. The van der Waals surface area contributed by atoms with Crippen LogP contribution in [0.3, 0.4) is 0 Å². The summed E-state index contributed by atoms with van der Waals surface area (Å²) in [5.41, 5.74) is 2.14. The molecule has 8 heteroatoms. The Bertz CT molecular complexity index is 652. The molecule has 0 amide bonds. The Hall–Kier alpha value is -2.80. The van der Waals surface area contributed by atoms with Gasteiger partial charge in [0.05, 0.1) is 12.1 Å².